The lowest BCUT2D eigenvalue weighted by Crippen LogP contribution is -2.03. The molecule has 2 rings (SSSR count). The third-order valence-electron chi connectivity index (χ3n) is 2.54. The molecule has 0 saturated heterocycles. The van der Waals surface area contributed by atoms with Gasteiger partial charge in [0.2, 0.25) is 0 Å². The molecular weight excluding hydrogens is 278 g/mol. The van der Waals surface area contributed by atoms with Crippen molar-refractivity contribution in [1.82, 2.24) is 4.98 Å². The van der Waals surface area contributed by atoms with Crippen LogP contribution in [0, 0.1) is 6.92 Å². The predicted octanol–water partition coefficient (Wildman–Crippen LogP) is 3.35. The molecule has 3 N–H and O–H groups in total. The predicted molar refractivity (Wildman–Crippen MR) is 74.9 cm³/mol. The number of hydrogen-bond donors (Lipinski definition) is 2. The lowest BCUT2D eigenvalue weighted by molar-refractivity contribution is 1.08. The van der Waals surface area contributed by atoms with E-state index in [-0.39, 0.29) is 0 Å². The summed E-state index contributed by atoms with van der Waals surface area (Å²) in [6.45, 7) is 2.64. The van der Waals surface area contributed by atoms with Crippen LogP contribution in [0.3, 0.4) is 0 Å². The number of nitrogens with zero attached hydrogens (tertiary/aromatic N) is 1. The van der Waals surface area contributed by atoms with Crippen molar-refractivity contribution < 1.29 is 0 Å². The minimum atomic E-state index is 0.719. The van der Waals surface area contributed by atoms with Crippen LogP contribution in [0.1, 0.15) is 11.3 Å². The second-order valence-electron chi connectivity index (χ2n) is 3.82. The van der Waals surface area contributed by atoms with Crippen molar-refractivity contribution >= 4 is 27.4 Å². The molecule has 0 aliphatic heterocycles. The van der Waals surface area contributed by atoms with Gasteiger partial charge in [-0.25, -0.2) is 4.98 Å². The maximum absolute atomic E-state index is 5.72. The number of rotatable bonds is 3. The summed E-state index contributed by atoms with van der Waals surface area (Å²) in [5, 5.41) is 3.27. The van der Waals surface area contributed by atoms with Gasteiger partial charge in [0.25, 0.3) is 0 Å². The van der Waals surface area contributed by atoms with E-state index in [1.807, 2.05) is 37.3 Å². The molecule has 0 atom stereocenters. The summed E-state index contributed by atoms with van der Waals surface area (Å²) in [5.74, 6) is 0.840. The average Bonchev–Trinajstić information content (AvgIpc) is 2.32. The summed E-state index contributed by atoms with van der Waals surface area (Å²) in [6, 6.07) is 11.9. The maximum atomic E-state index is 5.72. The molecule has 0 spiro atoms. The highest BCUT2D eigenvalue weighted by atomic mass is 79.9. The quantitative estimate of drug-likeness (QED) is 0.912. The minimum Gasteiger partial charge on any atom is -0.397 e. The number of nitrogens with two attached hydrogens (primary N) is 1. The zero-order valence-electron chi connectivity index (χ0n) is 9.57. The van der Waals surface area contributed by atoms with E-state index in [0.717, 1.165) is 28.2 Å². The number of nitrogen functional groups attached to an aromatic ring is 1. The van der Waals surface area contributed by atoms with Gasteiger partial charge in [0.15, 0.2) is 0 Å². The van der Waals surface area contributed by atoms with E-state index >= 15 is 0 Å². The first kappa shape index (κ1) is 11.9. The fraction of sp³-hybridized carbons (Fsp3) is 0.154. The Morgan fingerprint density at radius 1 is 1.24 bits per heavy atom. The van der Waals surface area contributed by atoms with Crippen LogP contribution in [0.4, 0.5) is 11.5 Å². The standard InChI is InChI=1S/C13H14BrN3/c1-9-12(15)6-7-13(17-9)16-8-10-4-2-3-5-11(10)14/h2-7H,8,15H2,1H3,(H,16,17). The van der Waals surface area contributed by atoms with Crippen LogP contribution in [0.15, 0.2) is 40.9 Å². The van der Waals surface area contributed by atoms with Crippen molar-refractivity contribution in [2.45, 2.75) is 13.5 Å². The monoisotopic (exact) mass is 291 g/mol. The highest BCUT2D eigenvalue weighted by Crippen LogP contribution is 2.18. The molecular formula is C13H14BrN3. The maximum Gasteiger partial charge on any atom is 0.126 e. The van der Waals surface area contributed by atoms with Crippen molar-refractivity contribution in [3.8, 4) is 0 Å². The highest BCUT2D eigenvalue weighted by molar-refractivity contribution is 9.10. The summed E-state index contributed by atoms with van der Waals surface area (Å²) in [4.78, 5) is 4.37. The van der Waals surface area contributed by atoms with E-state index in [4.69, 9.17) is 5.73 Å². The highest BCUT2D eigenvalue weighted by Gasteiger charge is 2.00. The fourth-order valence-electron chi connectivity index (χ4n) is 1.50. The van der Waals surface area contributed by atoms with Crippen LogP contribution in [-0.4, -0.2) is 4.98 Å². The molecule has 2 aromatic rings. The molecule has 1 aromatic carbocycles. The van der Waals surface area contributed by atoms with Gasteiger partial charge < -0.3 is 11.1 Å². The van der Waals surface area contributed by atoms with Gasteiger partial charge >= 0.3 is 0 Å². The molecule has 0 unspecified atom stereocenters. The van der Waals surface area contributed by atoms with Crippen molar-refractivity contribution in [3.63, 3.8) is 0 Å². The zero-order chi connectivity index (χ0) is 12.3. The van der Waals surface area contributed by atoms with Gasteiger partial charge in [-0.3, -0.25) is 0 Å². The van der Waals surface area contributed by atoms with Crippen molar-refractivity contribution in [2.24, 2.45) is 0 Å². The Labute approximate surface area is 109 Å². The first-order valence-electron chi connectivity index (χ1n) is 5.37. The van der Waals surface area contributed by atoms with E-state index in [1.165, 1.54) is 5.56 Å². The molecule has 3 nitrogen and oxygen atoms in total. The van der Waals surface area contributed by atoms with Crippen LogP contribution in [0.2, 0.25) is 0 Å². The summed E-state index contributed by atoms with van der Waals surface area (Å²) < 4.78 is 1.10. The topological polar surface area (TPSA) is 50.9 Å². The molecule has 88 valence electrons. The Morgan fingerprint density at radius 3 is 2.71 bits per heavy atom. The molecule has 0 aliphatic rings. The van der Waals surface area contributed by atoms with Gasteiger partial charge in [0.05, 0.1) is 11.4 Å². The Bertz CT molecular complexity index is 526. The Balaban J connectivity index is 2.08. The molecule has 0 radical (unpaired) electrons. The lowest BCUT2D eigenvalue weighted by atomic mass is 10.2. The summed E-state index contributed by atoms with van der Waals surface area (Å²) >= 11 is 3.52. The number of aryl methyl sites for hydroxylation is 1. The minimum absolute atomic E-state index is 0.719. The number of halogens is 1. The molecule has 0 bridgehead atoms. The Kier molecular flexibility index (Phi) is 3.64. The van der Waals surface area contributed by atoms with Crippen LogP contribution >= 0.6 is 15.9 Å². The van der Waals surface area contributed by atoms with Gasteiger partial charge in [-0.2, -0.15) is 0 Å². The summed E-state index contributed by atoms with van der Waals surface area (Å²) in [7, 11) is 0. The second-order valence-corrected chi connectivity index (χ2v) is 4.67. The lowest BCUT2D eigenvalue weighted by Gasteiger charge is -2.08. The zero-order valence-corrected chi connectivity index (χ0v) is 11.2. The molecule has 1 aromatic heterocycles. The van der Waals surface area contributed by atoms with E-state index < -0.39 is 0 Å². The van der Waals surface area contributed by atoms with Crippen molar-refractivity contribution in [1.29, 1.82) is 0 Å². The number of aromatic nitrogens is 1. The normalized spacial score (nSPS) is 10.2. The molecule has 1 heterocycles. The van der Waals surface area contributed by atoms with Crippen LogP contribution in [-0.2, 0) is 6.54 Å². The first-order chi connectivity index (χ1) is 8.16. The second kappa shape index (κ2) is 5.19. The van der Waals surface area contributed by atoms with Crippen LogP contribution in [0.25, 0.3) is 0 Å². The summed E-state index contributed by atoms with van der Waals surface area (Å²) in [6.07, 6.45) is 0. The SMILES string of the molecule is Cc1nc(NCc2ccccc2Br)ccc1N. The van der Waals surface area contributed by atoms with E-state index in [1.54, 1.807) is 0 Å². The van der Waals surface area contributed by atoms with Gasteiger partial charge in [0.1, 0.15) is 5.82 Å². The fourth-order valence-corrected chi connectivity index (χ4v) is 1.92. The van der Waals surface area contributed by atoms with Gasteiger partial charge in [-0.1, -0.05) is 34.1 Å². The molecule has 0 saturated carbocycles. The molecule has 0 amide bonds. The van der Waals surface area contributed by atoms with Crippen LogP contribution < -0.4 is 11.1 Å². The van der Waals surface area contributed by atoms with Gasteiger partial charge in [0, 0.05) is 11.0 Å². The number of benzene rings is 1. The number of pyridine rings is 1. The smallest absolute Gasteiger partial charge is 0.126 e. The third kappa shape index (κ3) is 2.97. The Hall–Kier alpha value is -1.55. The molecule has 4 heteroatoms. The summed E-state index contributed by atoms with van der Waals surface area (Å²) in [5.41, 5.74) is 8.49. The van der Waals surface area contributed by atoms with E-state index in [2.05, 4.69) is 32.3 Å². The molecule has 17 heavy (non-hydrogen) atoms. The molecule has 0 aliphatic carbocycles. The van der Waals surface area contributed by atoms with Crippen molar-refractivity contribution in [3.05, 3.63) is 52.1 Å². The third-order valence-corrected chi connectivity index (χ3v) is 3.32. The largest absolute Gasteiger partial charge is 0.397 e. The Morgan fingerprint density at radius 2 is 2.00 bits per heavy atom. The molecule has 0 fully saturated rings. The van der Waals surface area contributed by atoms with E-state index in [0.29, 0.717) is 0 Å². The number of anilines is 2. The average molecular weight is 292 g/mol. The number of hydrogen-bond acceptors (Lipinski definition) is 3. The first-order valence-corrected chi connectivity index (χ1v) is 6.16. The van der Waals surface area contributed by atoms with E-state index in [9.17, 15) is 0 Å². The van der Waals surface area contributed by atoms with Crippen LogP contribution in [0.5, 0.6) is 0 Å². The van der Waals surface area contributed by atoms with Gasteiger partial charge in [-0.15, -0.1) is 0 Å². The van der Waals surface area contributed by atoms with Gasteiger partial charge in [-0.05, 0) is 30.7 Å². The number of nitrogens with one attached hydrogen (secondary N) is 1. The van der Waals surface area contributed by atoms with Crippen molar-refractivity contribution in [2.75, 3.05) is 11.1 Å².